The summed E-state index contributed by atoms with van der Waals surface area (Å²) in [6.07, 6.45) is 1.82. The number of benzene rings is 6. The Morgan fingerprint density at radius 2 is 1.09 bits per heavy atom. The van der Waals surface area contributed by atoms with Crippen molar-refractivity contribution in [1.82, 2.24) is 24.1 Å². The molecule has 4 heterocycles. The van der Waals surface area contributed by atoms with E-state index in [0.717, 1.165) is 50.0 Å². The third kappa shape index (κ3) is 3.60. The van der Waals surface area contributed by atoms with E-state index < -0.39 is 0 Å². The lowest BCUT2D eigenvalue weighted by molar-refractivity contribution is 1.06. The van der Waals surface area contributed by atoms with Gasteiger partial charge in [0.25, 0.3) is 0 Å². The van der Waals surface area contributed by atoms with E-state index in [-0.39, 0.29) is 0 Å². The van der Waals surface area contributed by atoms with Crippen LogP contribution in [0.25, 0.3) is 88.3 Å². The molecule has 0 aliphatic carbocycles. The highest BCUT2D eigenvalue weighted by molar-refractivity contribution is 6.14. The van der Waals surface area contributed by atoms with Crippen molar-refractivity contribution in [1.29, 1.82) is 0 Å². The fraction of sp³-hybridized carbons (Fsp3) is 0. The Bertz CT molecular complexity index is 2810. The normalized spacial score (nSPS) is 11.9. The average Bonchev–Trinajstić information content (AvgIpc) is 3.62. The molecule has 0 N–H and O–H groups in total. The molecule has 0 unspecified atom stereocenters. The van der Waals surface area contributed by atoms with Gasteiger partial charge in [0.2, 0.25) is 0 Å². The Morgan fingerprint density at radius 1 is 0.435 bits per heavy atom. The van der Waals surface area contributed by atoms with Crippen molar-refractivity contribution in [3.8, 4) is 22.9 Å². The lowest BCUT2D eigenvalue weighted by Crippen LogP contribution is -2.03. The zero-order valence-corrected chi connectivity index (χ0v) is 24.7. The van der Waals surface area contributed by atoms with Crippen LogP contribution in [-0.2, 0) is 0 Å². The van der Waals surface area contributed by atoms with Crippen molar-refractivity contribution in [3.63, 3.8) is 0 Å². The summed E-state index contributed by atoms with van der Waals surface area (Å²) in [6.45, 7) is 0. The van der Waals surface area contributed by atoms with Gasteiger partial charge in [-0.05, 0) is 77.5 Å². The van der Waals surface area contributed by atoms with Gasteiger partial charge in [-0.15, -0.1) is 0 Å². The first kappa shape index (κ1) is 25.0. The Labute approximate surface area is 263 Å². The molecule has 5 heteroatoms. The van der Waals surface area contributed by atoms with E-state index in [0.29, 0.717) is 5.82 Å². The SMILES string of the molecule is c1ccc(-n2c3ccccc3c3cc(-c4nc(-n5c6ccccc6c6cc7ccccc7cc65)c5ncccc5n4)ccc32)cc1. The van der Waals surface area contributed by atoms with E-state index in [2.05, 4.69) is 143 Å². The second-order valence-electron chi connectivity index (χ2n) is 11.7. The van der Waals surface area contributed by atoms with Gasteiger partial charge in [-0.3, -0.25) is 9.55 Å². The molecule has 10 rings (SSSR count). The molecule has 0 amide bonds. The van der Waals surface area contributed by atoms with Crippen LogP contribution in [0.5, 0.6) is 0 Å². The molecule has 0 saturated carbocycles. The van der Waals surface area contributed by atoms with E-state index in [1.54, 1.807) is 0 Å². The van der Waals surface area contributed by atoms with Gasteiger partial charge >= 0.3 is 0 Å². The lowest BCUT2D eigenvalue weighted by atomic mass is 10.1. The van der Waals surface area contributed by atoms with Crippen LogP contribution in [-0.4, -0.2) is 24.1 Å². The zero-order chi connectivity index (χ0) is 30.2. The highest BCUT2D eigenvalue weighted by Crippen LogP contribution is 2.38. The Balaban J connectivity index is 1.27. The molecule has 0 fully saturated rings. The van der Waals surface area contributed by atoms with E-state index in [4.69, 9.17) is 15.0 Å². The van der Waals surface area contributed by atoms with Crippen molar-refractivity contribution in [3.05, 3.63) is 152 Å². The number of hydrogen-bond acceptors (Lipinski definition) is 3. The van der Waals surface area contributed by atoms with E-state index in [1.807, 2.05) is 18.3 Å². The van der Waals surface area contributed by atoms with E-state index >= 15 is 0 Å². The molecule has 10 aromatic rings. The van der Waals surface area contributed by atoms with Crippen LogP contribution in [0, 0.1) is 0 Å². The maximum Gasteiger partial charge on any atom is 0.168 e. The fourth-order valence-electron chi connectivity index (χ4n) is 7.09. The summed E-state index contributed by atoms with van der Waals surface area (Å²) < 4.78 is 4.59. The third-order valence-electron chi connectivity index (χ3n) is 9.13. The molecular weight excluding hydrogens is 562 g/mol. The largest absolute Gasteiger partial charge is 0.309 e. The topological polar surface area (TPSA) is 48.5 Å². The summed E-state index contributed by atoms with van der Waals surface area (Å²) in [5.74, 6) is 1.44. The highest BCUT2D eigenvalue weighted by Gasteiger charge is 2.20. The summed E-state index contributed by atoms with van der Waals surface area (Å²) in [4.78, 5) is 15.2. The second-order valence-corrected chi connectivity index (χ2v) is 11.7. The van der Waals surface area contributed by atoms with Gasteiger partial charge in [-0.1, -0.05) is 78.9 Å². The maximum atomic E-state index is 5.33. The number of pyridine rings is 1. The number of rotatable bonds is 3. The van der Waals surface area contributed by atoms with Gasteiger partial charge in [0.05, 0.1) is 27.6 Å². The Kier molecular flexibility index (Phi) is 5.22. The first-order valence-corrected chi connectivity index (χ1v) is 15.5. The molecule has 0 spiro atoms. The molecule has 46 heavy (non-hydrogen) atoms. The minimum Gasteiger partial charge on any atom is -0.309 e. The van der Waals surface area contributed by atoms with Crippen molar-refractivity contribution in [2.24, 2.45) is 0 Å². The number of aromatic nitrogens is 5. The Morgan fingerprint density at radius 3 is 1.89 bits per heavy atom. The average molecular weight is 588 g/mol. The minimum absolute atomic E-state index is 0.667. The standard InChI is InChI=1S/C41H25N5/c1-2-13-29(14-3-1)45-35-18-8-6-15-30(35)32-24-28(20-21-37(32)45)40-43-34-17-10-22-42-39(34)41(44-40)46-36-19-9-7-16-31(36)33-23-26-11-4-5-12-27(26)25-38(33)46/h1-25H. The number of fused-ring (bicyclic) bond motifs is 8. The van der Waals surface area contributed by atoms with Crippen LogP contribution in [0.15, 0.2) is 152 Å². The van der Waals surface area contributed by atoms with Crippen LogP contribution >= 0.6 is 0 Å². The van der Waals surface area contributed by atoms with Crippen molar-refractivity contribution < 1.29 is 0 Å². The van der Waals surface area contributed by atoms with E-state index in [1.165, 1.54) is 32.4 Å². The fourth-order valence-corrected chi connectivity index (χ4v) is 7.09. The molecule has 0 saturated heterocycles. The molecule has 0 bridgehead atoms. The monoisotopic (exact) mass is 587 g/mol. The Hall–Kier alpha value is -6.33. The summed E-state index contributed by atoms with van der Waals surface area (Å²) in [7, 11) is 0. The van der Waals surface area contributed by atoms with Gasteiger partial charge in [0, 0.05) is 39.0 Å². The summed E-state index contributed by atoms with van der Waals surface area (Å²) in [5, 5.41) is 7.13. The van der Waals surface area contributed by atoms with Gasteiger partial charge in [-0.2, -0.15) is 0 Å². The third-order valence-corrected chi connectivity index (χ3v) is 9.13. The van der Waals surface area contributed by atoms with Crippen molar-refractivity contribution in [2.75, 3.05) is 0 Å². The van der Waals surface area contributed by atoms with Gasteiger partial charge in [0.15, 0.2) is 11.6 Å². The van der Waals surface area contributed by atoms with Crippen LogP contribution < -0.4 is 0 Å². The van der Waals surface area contributed by atoms with Crippen LogP contribution in [0.1, 0.15) is 0 Å². The predicted molar refractivity (Wildman–Crippen MR) is 189 cm³/mol. The molecule has 0 aliphatic rings. The lowest BCUT2D eigenvalue weighted by Gasteiger charge is -2.12. The molecule has 0 atom stereocenters. The molecule has 6 aromatic carbocycles. The molecule has 5 nitrogen and oxygen atoms in total. The first-order valence-electron chi connectivity index (χ1n) is 15.5. The van der Waals surface area contributed by atoms with E-state index in [9.17, 15) is 0 Å². The number of nitrogens with zero attached hydrogens (tertiary/aromatic N) is 5. The first-order chi connectivity index (χ1) is 22.8. The van der Waals surface area contributed by atoms with Gasteiger partial charge in [0.1, 0.15) is 5.52 Å². The van der Waals surface area contributed by atoms with Gasteiger partial charge in [-0.25, -0.2) is 9.97 Å². The zero-order valence-electron chi connectivity index (χ0n) is 24.7. The second kappa shape index (κ2) is 9.58. The molecule has 0 radical (unpaired) electrons. The van der Waals surface area contributed by atoms with Crippen LogP contribution in [0.3, 0.4) is 0 Å². The molecule has 0 aliphatic heterocycles. The van der Waals surface area contributed by atoms with Crippen LogP contribution in [0.2, 0.25) is 0 Å². The summed E-state index contributed by atoms with van der Waals surface area (Å²) in [6, 6.07) is 51.3. The number of hydrogen-bond donors (Lipinski definition) is 0. The van der Waals surface area contributed by atoms with Crippen LogP contribution in [0.4, 0.5) is 0 Å². The van der Waals surface area contributed by atoms with Crippen molar-refractivity contribution in [2.45, 2.75) is 0 Å². The summed E-state index contributed by atoms with van der Waals surface area (Å²) in [5.41, 5.74) is 8.17. The summed E-state index contributed by atoms with van der Waals surface area (Å²) >= 11 is 0. The minimum atomic E-state index is 0.667. The van der Waals surface area contributed by atoms with Gasteiger partial charge < -0.3 is 4.57 Å². The quantitative estimate of drug-likeness (QED) is 0.207. The van der Waals surface area contributed by atoms with Crippen molar-refractivity contribution >= 4 is 65.4 Å². The predicted octanol–water partition coefficient (Wildman–Crippen LogP) is 10.0. The highest BCUT2D eigenvalue weighted by atomic mass is 15.1. The molecule has 214 valence electrons. The number of para-hydroxylation sites is 3. The molecule has 4 aromatic heterocycles. The smallest absolute Gasteiger partial charge is 0.168 e. The molecular formula is C41H25N5. The maximum absolute atomic E-state index is 5.33.